The van der Waals surface area contributed by atoms with Crippen LogP contribution in [0.25, 0.3) is 16.0 Å². The van der Waals surface area contributed by atoms with E-state index >= 15 is 0 Å². The smallest absolute Gasteiger partial charge is 0.267 e. The van der Waals surface area contributed by atoms with Gasteiger partial charge in [0.1, 0.15) is 5.82 Å². The van der Waals surface area contributed by atoms with Crippen molar-refractivity contribution in [3.8, 4) is 5.13 Å². The van der Waals surface area contributed by atoms with E-state index in [0.717, 1.165) is 10.2 Å². The van der Waals surface area contributed by atoms with Crippen LogP contribution in [0.3, 0.4) is 0 Å². The zero-order chi connectivity index (χ0) is 22.0. The number of benzene rings is 2. The van der Waals surface area contributed by atoms with Gasteiger partial charge in [-0.05, 0) is 49.4 Å². The van der Waals surface area contributed by atoms with Gasteiger partial charge in [0.05, 0.1) is 17.0 Å². The number of hydrogen-bond donors (Lipinski definition) is 2. The highest BCUT2D eigenvalue weighted by molar-refractivity contribution is 9.10. The van der Waals surface area contributed by atoms with E-state index in [0.29, 0.717) is 43.5 Å². The maximum absolute atomic E-state index is 13.0. The Morgan fingerprint density at radius 2 is 2.03 bits per heavy atom. The molecule has 31 heavy (non-hydrogen) atoms. The highest BCUT2D eigenvalue weighted by atomic mass is 79.9. The van der Waals surface area contributed by atoms with Crippen LogP contribution in [-0.2, 0) is 0 Å². The van der Waals surface area contributed by atoms with Crippen molar-refractivity contribution in [2.24, 2.45) is 0 Å². The Morgan fingerprint density at radius 1 is 1.26 bits per heavy atom. The maximum Gasteiger partial charge on any atom is 0.267 e. The summed E-state index contributed by atoms with van der Waals surface area (Å²) in [6, 6.07) is 12.7. The van der Waals surface area contributed by atoms with Crippen LogP contribution >= 0.6 is 50.6 Å². The lowest BCUT2D eigenvalue weighted by atomic mass is 10.2. The van der Waals surface area contributed by atoms with Gasteiger partial charge in [-0.1, -0.05) is 50.6 Å². The van der Waals surface area contributed by atoms with E-state index in [4.69, 9.17) is 11.6 Å². The van der Waals surface area contributed by atoms with Crippen LogP contribution in [0.4, 0.5) is 5.69 Å². The number of aliphatic hydroxyl groups is 1. The minimum Gasteiger partial charge on any atom is -0.390 e. The molecule has 0 saturated heterocycles. The molecular formula is C20H17BrClN5O2S2. The lowest BCUT2D eigenvalue weighted by Gasteiger charge is -2.11. The normalized spacial score (nSPS) is 12.3. The molecule has 0 spiro atoms. The van der Waals surface area contributed by atoms with E-state index in [1.807, 2.05) is 18.2 Å². The summed E-state index contributed by atoms with van der Waals surface area (Å²) in [6.45, 7) is 2.16. The van der Waals surface area contributed by atoms with Crippen molar-refractivity contribution >= 4 is 67.2 Å². The minimum absolute atomic E-state index is 0.191. The zero-order valence-corrected chi connectivity index (χ0v) is 20.2. The number of aryl methyl sites for hydroxylation is 1. The predicted molar refractivity (Wildman–Crippen MR) is 130 cm³/mol. The standard InChI is InChI=1S/C20H17BrClN5O2S2/c1-11-24-17-7-2-12(21)8-16(17)18(29)27(11)19-25-26-20(31-19)30-10-15(28)9-23-14-5-3-13(22)4-6-14/h2-8,15,23,28H,9-10H2,1H3. The Morgan fingerprint density at radius 3 is 2.81 bits per heavy atom. The Hall–Kier alpha value is -1.98. The number of anilines is 1. The second-order valence-electron chi connectivity index (χ2n) is 6.66. The number of halogens is 2. The van der Waals surface area contributed by atoms with Crippen molar-refractivity contribution in [1.29, 1.82) is 0 Å². The third-order valence-electron chi connectivity index (χ3n) is 4.37. The summed E-state index contributed by atoms with van der Waals surface area (Å²) in [7, 11) is 0. The highest BCUT2D eigenvalue weighted by Crippen LogP contribution is 2.26. The van der Waals surface area contributed by atoms with Crippen molar-refractivity contribution in [3.05, 3.63) is 68.1 Å². The van der Waals surface area contributed by atoms with Gasteiger partial charge in [-0.15, -0.1) is 10.2 Å². The number of nitrogens with one attached hydrogen (secondary N) is 1. The average Bonchev–Trinajstić information content (AvgIpc) is 3.21. The molecule has 4 aromatic rings. The van der Waals surface area contributed by atoms with Crippen molar-refractivity contribution in [1.82, 2.24) is 19.7 Å². The van der Waals surface area contributed by atoms with Gasteiger partial charge in [0.25, 0.3) is 5.56 Å². The van der Waals surface area contributed by atoms with E-state index in [2.05, 4.69) is 36.4 Å². The van der Waals surface area contributed by atoms with Crippen LogP contribution in [0.1, 0.15) is 5.82 Å². The van der Waals surface area contributed by atoms with Crippen molar-refractivity contribution in [2.45, 2.75) is 17.4 Å². The topological polar surface area (TPSA) is 92.9 Å². The van der Waals surface area contributed by atoms with E-state index in [1.165, 1.54) is 27.7 Å². The SMILES string of the molecule is Cc1nc2ccc(Br)cc2c(=O)n1-c1nnc(SCC(O)CNc2ccc(Cl)cc2)s1. The van der Waals surface area contributed by atoms with Crippen LogP contribution in [0.2, 0.25) is 5.02 Å². The molecule has 2 heterocycles. The number of thioether (sulfide) groups is 1. The monoisotopic (exact) mass is 537 g/mol. The summed E-state index contributed by atoms with van der Waals surface area (Å²) in [6.07, 6.45) is -0.586. The van der Waals surface area contributed by atoms with Gasteiger partial charge in [0, 0.05) is 27.5 Å². The first-order valence-corrected chi connectivity index (χ1v) is 12.2. The van der Waals surface area contributed by atoms with Crippen LogP contribution in [-0.4, -0.2) is 43.3 Å². The molecule has 11 heteroatoms. The molecule has 1 atom stereocenters. The molecule has 0 aliphatic rings. The number of aromatic nitrogens is 4. The fraction of sp³-hybridized carbons (Fsp3) is 0.200. The molecule has 2 aromatic heterocycles. The second-order valence-corrected chi connectivity index (χ2v) is 10.2. The zero-order valence-electron chi connectivity index (χ0n) is 16.2. The summed E-state index contributed by atoms with van der Waals surface area (Å²) >= 11 is 12.0. The van der Waals surface area contributed by atoms with Crippen molar-refractivity contribution in [3.63, 3.8) is 0 Å². The molecule has 0 aliphatic carbocycles. The number of aliphatic hydroxyl groups excluding tert-OH is 1. The Balaban J connectivity index is 1.43. The minimum atomic E-state index is -0.586. The molecule has 160 valence electrons. The van der Waals surface area contributed by atoms with Crippen LogP contribution in [0, 0.1) is 6.92 Å². The molecule has 7 nitrogen and oxygen atoms in total. The molecular weight excluding hydrogens is 522 g/mol. The number of rotatable bonds is 7. The summed E-state index contributed by atoms with van der Waals surface area (Å²) in [5.74, 6) is 0.978. The first-order chi connectivity index (χ1) is 14.9. The first kappa shape index (κ1) is 22.2. The van der Waals surface area contributed by atoms with Crippen LogP contribution in [0.5, 0.6) is 0 Å². The molecule has 0 radical (unpaired) electrons. The third-order valence-corrected chi connectivity index (χ3v) is 7.30. The molecule has 0 aliphatic heterocycles. The van der Waals surface area contributed by atoms with Gasteiger partial charge < -0.3 is 10.4 Å². The molecule has 0 fully saturated rings. The lowest BCUT2D eigenvalue weighted by Crippen LogP contribution is -2.22. The molecule has 4 rings (SSSR count). The molecule has 0 bridgehead atoms. The van der Waals surface area contributed by atoms with Gasteiger partial charge >= 0.3 is 0 Å². The third kappa shape index (κ3) is 5.27. The summed E-state index contributed by atoms with van der Waals surface area (Å²) < 4.78 is 2.94. The molecule has 0 saturated carbocycles. The fourth-order valence-corrected chi connectivity index (χ4v) is 5.20. The number of nitrogens with zero attached hydrogens (tertiary/aromatic N) is 4. The average molecular weight is 539 g/mol. The van der Waals surface area contributed by atoms with E-state index < -0.39 is 6.10 Å². The summed E-state index contributed by atoms with van der Waals surface area (Å²) in [5, 5.41) is 23.4. The van der Waals surface area contributed by atoms with Crippen molar-refractivity contribution < 1.29 is 5.11 Å². The predicted octanol–water partition coefficient (Wildman–Crippen LogP) is 4.53. The van der Waals surface area contributed by atoms with E-state index in [9.17, 15) is 9.90 Å². The summed E-state index contributed by atoms with van der Waals surface area (Å²) in [4.78, 5) is 17.5. The summed E-state index contributed by atoms with van der Waals surface area (Å²) in [5.41, 5.74) is 1.33. The highest BCUT2D eigenvalue weighted by Gasteiger charge is 2.15. The Kier molecular flexibility index (Phi) is 6.92. The van der Waals surface area contributed by atoms with Gasteiger partial charge in [-0.2, -0.15) is 0 Å². The van der Waals surface area contributed by atoms with Gasteiger partial charge in [0.2, 0.25) is 5.13 Å². The van der Waals surface area contributed by atoms with Gasteiger partial charge in [-0.3, -0.25) is 4.79 Å². The van der Waals surface area contributed by atoms with Crippen LogP contribution < -0.4 is 10.9 Å². The first-order valence-electron chi connectivity index (χ1n) is 9.24. The Bertz CT molecular complexity index is 1280. The maximum atomic E-state index is 13.0. The lowest BCUT2D eigenvalue weighted by molar-refractivity contribution is 0.213. The largest absolute Gasteiger partial charge is 0.390 e. The second kappa shape index (κ2) is 9.66. The van der Waals surface area contributed by atoms with Crippen molar-refractivity contribution in [2.75, 3.05) is 17.6 Å². The van der Waals surface area contributed by atoms with Crippen LogP contribution in [0.15, 0.2) is 56.1 Å². The molecule has 2 N–H and O–H groups in total. The molecule has 1 unspecified atom stereocenters. The number of fused-ring (bicyclic) bond motifs is 1. The molecule has 0 amide bonds. The van der Waals surface area contributed by atoms with Gasteiger partial charge in [-0.25, -0.2) is 9.55 Å². The van der Waals surface area contributed by atoms with E-state index in [-0.39, 0.29) is 5.56 Å². The van der Waals surface area contributed by atoms with Gasteiger partial charge in [0.15, 0.2) is 4.34 Å². The molecule has 2 aromatic carbocycles. The Labute approximate surface area is 199 Å². The number of hydrogen-bond acceptors (Lipinski definition) is 8. The van der Waals surface area contributed by atoms with E-state index in [1.54, 1.807) is 31.2 Å². The fourth-order valence-electron chi connectivity index (χ4n) is 2.88. The quantitative estimate of drug-likeness (QED) is 0.334.